The lowest BCUT2D eigenvalue weighted by atomic mass is 9.89. The van der Waals surface area contributed by atoms with E-state index in [1.807, 2.05) is 13.8 Å². The Morgan fingerprint density at radius 2 is 1.18 bits per heavy atom. The number of aromatic nitrogens is 4. The first kappa shape index (κ1) is 103. The van der Waals surface area contributed by atoms with Gasteiger partial charge in [0.05, 0.1) is 44.2 Å². The zero-order chi connectivity index (χ0) is 95.7. The van der Waals surface area contributed by atoms with Gasteiger partial charge >= 0.3 is 0 Å². The molecule has 6 aromatic rings. The van der Waals surface area contributed by atoms with Crippen molar-refractivity contribution in [2.24, 2.45) is 35.0 Å². The first-order chi connectivity index (χ1) is 62.5. The Morgan fingerprint density at radius 1 is 0.573 bits per heavy atom. The summed E-state index contributed by atoms with van der Waals surface area (Å²) in [7, 11) is 3.97. The number of primary amides is 2. The van der Waals surface area contributed by atoms with Crippen LogP contribution in [0.2, 0.25) is 0 Å². The largest absolute Gasteiger partial charge is 0.394 e. The summed E-state index contributed by atoms with van der Waals surface area (Å²) in [5, 5.41) is 46.9. The quantitative estimate of drug-likeness (QED) is 0.0188. The first-order valence-electron chi connectivity index (χ1n) is 44.3. The standard InChI is InChI=1S/C90H126N22O18S/c1-9-11-24-54-39-74(115)65(38-57-43-98-63-28-19-17-26-61(57)63)103-83(124)70(47-113)107-79(120)55(36-56-42-97-62-27-18-16-25-60(56)62)37-59(114)46-109(6)87(128)67(34-51(3)4)106-82(123)66(40-58-44-95-50-100-58)104-85(126)73-31-21-33-112(73)89(130)69(41-75(91)116)105-78(119)52(5)110(7)88(129)68(35-53-22-14-13-15-23-53)101-77(118)49-131-48-71(80(121)99-45-76(92)117)108-81(122)64(29-20-32-96-90(93)94)102-84(125)72(30-12-10-2)111(8)86(54)127/h13-19,22-23,25-28,42-44,50-52,54-55,64-73,97-98,113H,9-12,20-21,24,29-41,45-49H2,1-8H3,(H2,91,116)(H2,92,117)(H,95,100)(H,99,121)(H,101,118)(H,102,125)(H,103,124)(H,104,126)(H,105,119)(H,106,123)(H,107,120)(H,108,122)(H4,93,94,96)/t52-,54-,55+,64-,65-,66-,67-,68-,69-,70-,71-,72-,73-/m0/s1. The zero-order valence-corrected chi connectivity index (χ0v) is 76.2. The van der Waals surface area contributed by atoms with E-state index in [1.54, 1.807) is 105 Å². The summed E-state index contributed by atoms with van der Waals surface area (Å²) < 4.78 is 0. The van der Waals surface area contributed by atoms with E-state index in [2.05, 4.69) is 73.1 Å². The highest BCUT2D eigenvalue weighted by molar-refractivity contribution is 8.00. The molecule has 3 aromatic heterocycles. The van der Waals surface area contributed by atoms with Crippen molar-refractivity contribution in [3.8, 4) is 0 Å². The number of carbonyl (C=O) groups excluding carboxylic acids is 17. The number of aliphatic hydroxyl groups excluding tert-OH is 1. The van der Waals surface area contributed by atoms with Crippen LogP contribution in [0.5, 0.6) is 0 Å². The lowest BCUT2D eigenvalue weighted by molar-refractivity contribution is -0.145. The molecule has 8 rings (SSSR count). The second kappa shape index (κ2) is 50.8. The number of hydrogen-bond acceptors (Lipinski definition) is 21. The number of guanidine groups is 1. The van der Waals surface area contributed by atoms with Crippen molar-refractivity contribution in [3.63, 3.8) is 0 Å². The van der Waals surface area contributed by atoms with Crippen molar-refractivity contribution in [2.45, 2.75) is 217 Å². The maximum Gasteiger partial charge on any atom is 0.246 e. The van der Waals surface area contributed by atoms with E-state index in [0.29, 0.717) is 69.9 Å². The van der Waals surface area contributed by atoms with Crippen molar-refractivity contribution < 1.29 is 86.6 Å². The number of H-pyrrole nitrogens is 3. The molecular formula is C90H126N22O18S. The van der Waals surface area contributed by atoms with Crippen molar-refractivity contribution >= 4 is 140 Å². The molecule has 2 aliphatic rings. The van der Waals surface area contributed by atoms with E-state index >= 15 is 24.0 Å². The molecule has 710 valence electrons. The number of aliphatic hydroxyl groups is 1. The summed E-state index contributed by atoms with van der Waals surface area (Å²) in [6.07, 6.45) is 5.54. The second-order valence-corrected chi connectivity index (χ2v) is 34.9. The minimum absolute atomic E-state index is 0.00103. The van der Waals surface area contributed by atoms with Crippen LogP contribution in [0.25, 0.3) is 21.8 Å². The topological polar surface area (TPSA) is 606 Å². The van der Waals surface area contributed by atoms with E-state index in [9.17, 15) is 62.6 Å². The smallest absolute Gasteiger partial charge is 0.246 e. The van der Waals surface area contributed by atoms with Gasteiger partial charge in [-0.15, -0.1) is 11.8 Å². The molecule has 131 heavy (non-hydrogen) atoms. The molecule has 5 heterocycles. The van der Waals surface area contributed by atoms with Crippen LogP contribution in [0.1, 0.15) is 147 Å². The van der Waals surface area contributed by atoms with Crippen molar-refractivity contribution in [1.82, 2.24) is 92.7 Å². The third kappa shape index (κ3) is 30.8. The van der Waals surface area contributed by atoms with Crippen LogP contribution in [-0.2, 0) is 107 Å². The van der Waals surface area contributed by atoms with Gasteiger partial charge in [-0.3, -0.25) is 86.9 Å². The normalized spacial score (nSPS) is 23.6. The van der Waals surface area contributed by atoms with Crippen molar-refractivity contribution in [2.75, 3.05) is 65.4 Å². The van der Waals surface area contributed by atoms with E-state index in [0.717, 1.165) is 26.5 Å². The maximum absolute atomic E-state index is 15.4. The number of amides is 15. The fraction of sp³-hybridized carbons (Fsp3) is 0.522. The number of thioether (sulfide) groups is 1. The van der Waals surface area contributed by atoms with E-state index in [-0.39, 0.29) is 89.6 Å². The Labute approximate surface area is 763 Å². The number of unbranched alkanes of at least 4 members (excludes halogenated alkanes) is 2. The Kier molecular flexibility index (Phi) is 40.0. The van der Waals surface area contributed by atoms with E-state index < -0.39 is 235 Å². The predicted molar refractivity (Wildman–Crippen MR) is 487 cm³/mol. The van der Waals surface area contributed by atoms with Gasteiger partial charge < -0.3 is 110 Å². The molecule has 15 amide bonds. The molecule has 3 aromatic carbocycles. The molecule has 0 aliphatic carbocycles. The molecule has 0 spiro atoms. The van der Waals surface area contributed by atoms with Crippen molar-refractivity contribution in [3.05, 3.63) is 126 Å². The number of likely N-dealkylation sites (N-methyl/N-ethyl adjacent to an activating group) is 3. The van der Waals surface area contributed by atoms with Crippen LogP contribution in [0, 0.1) is 23.2 Å². The van der Waals surface area contributed by atoms with E-state index in [4.69, 9.17) is 22.6 Å². The Bertz CT molecular complexity index is 5010. The Hall–Kier alpha value is -13.1. The molecule has 21 N–H and O–H groups in total. The number of ketones is 2. The van der Waals surface area contributed by atoms with Gasteiger partial charge in [0, 0.05) is 130 Å². The molecule has 2 aliphatic heterocycles. The van der Waals surface area contributed by atoms with Gasteiger partial charge in [0.15, 0.2) is 17.5 Å². The highest BCUT2D eigenvalue weighted by Crippen LogP contribution is 2.28. The zero-order valence-electron chi connectivity index (χ0n) is 75.3. The molecular weight excluding hydrogens is 1710 g/mol. The number of imidazole rings is 1. The van der Waals surface area contributed by atoms with Gasteiger partial charge in [-0.25, -0.2) is 4.98 Å². The Balaban J connectivity index is 1.17. The van der Waals surface area contributed by atoms with Crippen LogP contribution in [0.3, 0.4) is 0 Å². The summed E-state index contributed by atoms with van der Waals surface area (Å²) in [6, 6.07) is 6.34. The summed E-state index contributed by atoms with van der Waals surface area (Å²) in [5.74, 6) is -18.7. The average Bonchev–Trinajstić information content (AvgIpc) is 1.69. The molecule has 0 saturated carbocycles. The number of carbonyl (C=O) groups is 17. The lowest BCUT2D eigenvalue weighted by Gasteiger charge is -2.32. The minimum Gasteiger partial charge on any atom is -0.394 e. The molecule has 41 heteroatoms. The van der Waals surface area contributed by atoms with Gasteiger partial charge in [0.2, 0.25) is 88.6 Å². The highest BCUT2D eigenvalue weighted by Gasteiger charge is 2.44. The number of fused-ring (bicyclic) bond motifs is 3. The van der Waals surface area contributed by atoms with Crippen LogP contribution >= 0.6 is 11.8 Å². The summed E-state index contributed by atoms with van der Waals surface area (Å²) in [6.45, 7) is 6.17. The van der Waals surface area contributed by atoms with Crippen LogP contribution in [0.15, 0.2) is 104 Å². The first-order valence-corrected chi connectivity index (χ1v) is 45.4. The number of para-hydroxylation sites is 2. The van der Waals surface area contributed by atoms with Crippen LogP contribution < -0.4 is 70.4 Å². The molecule has 2 fully saturated rings. The second-order valence-electron chi connectivity index (χ2n) is 33.9. The number of nitrogens with two attached hydrogens (primary N) is 3. The van der Waals surface area contributed by atoms with Gasteiger partial charge in [0.25, 0.3) is 0 Å². The fourth-order valence-electron chi connectivity index (χ4n) is 16.0. The maximum atomic E-state index is 15.4. The molecule has 0 unspecified atom stereocenters. The lowest BCUT2D eigenvalue weighted by Crippen LogP contribution is -2.60. The minimum atomic E-state index is -1.78. The monoisotopic (exact) mass is 1830 g/mol. The summed E-state index contributed by atoms with van der Waals surface area (Å²) in [5.41, 5.74) is 20.2. The predicted octanol–water partition coefficient (Wildman–Crippen LogP) is -0.299. The number of benzene rings is 3. The molecule has 0 bridgehead atoms. The number of nitrogens with zero attached hydrogens (tertiary/aromatic N) is 5. The molecule has 0 radical (unpaired) electrons. The van der Waals surface area contributed by atoms with Crippen LogP contribution in [0.4, 0.5) is 0 Å². The summed E-state index contributed by atoms with van der Waals surface area (Å²) >= 11 is 0.801. The Morgan fingerprint density at radius 3 is 1.80 bits per heavy atom. The number of rotatable bonds is 26. The van der Waals surface area contributed by atoms with Crippen molar-refractivity contribution in [1.29, 1.82) is 5.41 Å². The van der Waals surface area contributed by atoms with Gasteiger partial charge in [-0.1, -0.05) is 120 Å². The fourth-order valence-corrected chi connectivity index (χ4v) is 16.9. The molecule has 13 atom stereocenters. The van der Waals surface area contributed by atoms with Gasteiger partial charge in [0.1, 0.15) is 60.4 Å². The highest BCUT2D eigenvalue weighted by atomic mass is 32.2. The molecule has 40 nitrogen and oxygen atoms in total. The average molecular weight is 1840 g/mol. The number of Topliss-reactive ketones (excluding diaryl/α,β-unsaturated/α-hetero) is 2. The van der Waals surface area contributed by atoms with Gasteiger partial charge in [-0.2, -0.15) is 0 Å². The van der Waals surface area contributed by atoms with Gasteiger partial charge in [-0.05, 0) is 93.0 Å². The third-order valence-corrected chi connectivity index (χ3v) is 24.3. The number of hydrogen-bond donors (Lipinski definition) is 18. The summed E-state index contributed by atoms with van der Waals surface area (Å²) in [4.78, 5) is 266. The number of nitrogens with one attached hydrogen (secondary N) is 14. The van der Waals surface area contributed by atoms with Crippen LogP contribution in [-0.4, -0.2) is 283 Å². The molecule has 2 saturated heterocycles. The SMILES string of the molecule is CCCC[C@H]1CC(=O)[C@H](Cc2c[nH]c3ccccc23)NC(=O)[C@H](CO)NC(=O)[C@H](Cc2c[nH]c3ccccc23)CC(=O)CN(C)C(=O)[C@H](CC(C)C)NC(=O)[C@H](Cc2cnc[nH]2)NC(=O)[C@@H]2CCCN2C(=O)[C@H](CC(N)=O)NC(=O)[C@H](C)N(C)C(=O)[C@H](Cc2ccccc2)NC(=O)CSC[C@@H](C(=O)NCC(N)=O)NC(=O)[C@H](CCCNC(=N)N)NC(=O)[C@H](CCCC)N(C)C1=O. The third-order valence-electron chi connectivity index (χ3n) is 23.3. The van der Waals surface area contributed by atoms with E-state index in [1.165, 1.54) is 45.5 Å². The number of aromatic amines is 3.